The van der Waals surface area contributed by atoms with Gasteiger partial charge in [-0.3, -0.25) is 0 Å². The summed E-state index contributed by atoms with van der Waals surface area (Å²) in [7, 11) is 0. The van der Waals surface area contributed by atoms with Gasteiger partial charge in [0.2, 0.25) is 0 Å². The van der Waals surface area contributed by atoms with Crippen molar-refractivity contribution in [3.8, 4) is 0 Å². The number of hydrogen-bond acceptors (Lipinski definition) is 3. The Hall–Kier alpha value is -0.660. The van der Waals surface area contributed by atoms with Crippen molar-refractivity contribution in [3.63, 3.8) is 0 Å². The third kappa shape index (κ3) is 7.34. The molecule has 0 heterocycles. The highest BCUT2D eigenvalue weighted by Gasteiger charge is 1.78. The average Bonchev–Trinajstić information content (AvgIpc) is 1.80. The van der Waals surface area contributed by atoms with Crippen LogP contribution in [0.1, 0.15) is 20.3 Å². The zero-order valence-electron chi connectivity index (χ0n) is 5.96. The first-order valence-corrected chi connectivity index (χ1v) is 3.14. The fraction of sp³-hybridized carbons (Fsp3) is 0.833. The molecule has 0 fully saturated rings. The number of rotatable bonds is 3. The first-order valence-electron chi connectivity index (χ1n) is 3.14. The van der Waals surface area contributed by atoms with E-state index in [9.17, 15) is 0 Å². The standard InChI is InChI=1S/C6H13N3/c1-3-4-8-5-9-6(2)7/h6H,3-4,7H2,1-2H3. The molecule has 0 aromatic rings. The minimum absolute atomic E-state index is 0.175. The summed E-state index contributed by atoms with van der Waals surface area (Å²) in [6.45, 7) is 4.63. The molecule has 3 nitrogen and oxygen atoms in total. The van der Waals surface area contributed by atoms with Gasteiger partial charge in [-0.25, -0.2) is 9.98 Å². The van der Waals surface area contributed by atoms with E-state index in [1.54, 1.807) is 6.92 Å². The monoisotopic (exact) mass is 127 g/mol. The minimum Gasteiger partial charge on any atom is -0.309 e. The van der Waals surface area contributed by atoms with Crippen LogP contribution in [-0.2, 0) is 0 Å². The van der Waals surface area contributed by atoms with Gasteiger partial charge in [0.05, 0.1) is 6.01 Å². The van der Waals surface area contributed by atoms with Crippen LogP contribution in [0.15, 0.2) is 9.98 Å². The molecule has 1 unspecified atom stereocenters. The maximum absolute atomic E-state index is 5.29. The van der Waals surface area contributed by atoms with Crippen LogP contribution in [0, 0.1) is 0 Å². The van der Waals surface area contributed by atoms with E-state index < -0.39 is 0 Å². The van der Waals surface area contributed by atoms with Crippen molar-refractivity contribution in [2.45, 2.75) is 26.4 Å². The summed E-state index contributed by atoms with van der Waals surface area (Å²) in [5.41, 5.74) is 5.29. The maximum atomic E-state index is 5.29. The molecular formula is C6H13N3. The summed E-state index contributed by atoms with van der Waals surface area (Å²) in [6.07, 6.45) is 0.854. The van der Waals surface area contributed by atoms with E-state index in [4.69, 9.17) is 5.73 Å². The van der Waals surface area contributed by atoms with Gasteiger partial charge in [-0.1, -0.05) is 6.92 Å². The second-order valence-corrected chi connectivity index (χ2v) is 1.85. The lowest BCUT2D eigenvalue weighted by atomic mass is 10.5. The van der Waals surface area contributed by atoms with E-state index in [1.807, 2.05) is 0 Å². The molecule has 0 saturated heterocycles. The van der Waals surface area contributed by atoms with E-state index in [0.717, 1.165) is 13.0 Å². The fourth-order valence-corrected chi connectivity index (χ4v) is 0.294. The predicted octanol–water partition coefficient (Wildman–Crippen LogP) is 0.875. The minimum atomic E-state index is -0.175. The van der Waals surface area contributed by atoms with Crippen molar-refractivity contribution < 1.29 is 0 Å². The second kappa shape index (κ2) is 5.48. The van der Waals surface area contributed by atoms with Gasteiger partial charge in [0.25, 0.3) is 0 Å². The van der Waals surface area contributed by atoms with Crippen LogP contribution in [-0.4, -0.2) is 18.7 Å². The molecule has 0 saturated carbocycles. The number of aliphatic imine (C=N–C) groups is 2. The highest BCUT2D eigenvalue weighted by atomic mass is 14.9. The third-order valence-corrected chi connectivity index (χ3v) is 0.667. The van der Waals surface area contributed by atoms with Gasteiger partial charge in [-0.15, -0.1) is 0 Å². The third-order valence-electron chi connectivity index (χ3n) is 0.667. The van der Waals surface area contributed by atoms with Crippen molar-refractivity contribution in [1.29, 1.82) is 0 Å². The quantitative estimate of drug-likeness (QED) is 0.562. The van der Waals surface area contributed by atoms with Crippen LogP contribution < -0.4 is 5.73 Å². The van der Waals surface area contributed by atoms with Crippen LogP contribution in [0.5, 0.6) is 0 Å². The van der Waals surface area contributed by atoms with Gasteiger partial charge < -0.3 is 5.73 Å². The molecule has 0 aliphatic heterocycles. The Kier molecular flexibility index (Phi) is 5.07. The molecular weight excluding hydrogens is 114 g/mol. The van der Waals surface area contributed by atoms with Gasteiger partial charge >= 0.3 is 0 Å². The number of nitrogens with two attached hydrogens (primary N) is 1. The topological polar surface area (TPSA) is 50.7 Å². The second-order valence-electron chi connectivity index (χ2n) is 1.85. The average molecular weight is 127 g/mol. The molecule has 0 aliphatic carbocycles. The van der Waals surface area contributed by atoms with E-state index >= 15 is 0 Å². The largest absolute Gasteiger partial charge is 0.309 e. The molecule has 52 valence electrons. The lowest BCUT2D eigenvalue weighted by Gasteiger charge is -1.87. The van der Waals surface area contributed by atoms with Crippen molar-refractivity contribution in [1.82, 2.24) is 0 Å². The predicted molar refractivity (Wildman–Crippen MR) is 38.7 cm³/mol. The summed E-state index contributed by atoms with van der Waals surface area (Å²) < 4.78 is 0. The Balaban J connectivity index is 3.41. The van der Waals surface area contributed by atoms with Crippen LogP contribution >= 0.6 is 0 Å². The zero-order valence-corrected chi connectivity index (χ0v) is 5.96. The Morgan fingerprint density at radius 1 is 1.67 bits per heavy atom. The Labute approximate surface area is 55.7 Å². The molecule has 2 N–H and O–H groups in total. The van der Waals surface area contributed by atoms with E-state index in [1.165, 1.54) is 0 Å². The first-order chi connectivity index (χ1) is 4.27. The van der Waals surface area contributed by atoms with Gasteiger partial charge in [-0.2, -0.15) is 0 Å². The maximum Gasteiger partial charge on any atom is 0.105 e. The molecule has 1 atom stereocenters. The highest BCUT2D eigenvalue weighted by Crippen LogP contribution is 1.75. The Morgan fingerprint density at radius 3 is 2.78 bits per heavy atom. The van der Waals surface area contributed by atoms with Crippen molar-refractivity contribution >= 4 is 6.01 Å². The first kappa shape index (κ1) is 8.34. The molecule has 0 bridgehead atoms. The molecule has 0 radical (unpaired) electrons. The molecule has 9 heavy (non-hydrogen) atoms. The summed E-state index contributed by atoms with van der Waals surface area (Å²) in [5.74, 6) is 0. The Bertz CT molecular complexity index is 111. The van der Waals surface area contributed by atoms with Crippen LogP contribution in [0.25, 0.3) is 0 Å². The normalized spacial score (nSPS) is 11.9. The molecule has 0 amide bonds. The molecule has 0 aliphatic rings. The molecule has 0 aromatic carbocycles. The summed E-state index contributed by atoms with van der Waals surface area (Å²) >= 11 is 0. The summed E-state index contributed by atoms with van der Waals surface area (Å²) in [4.78, 5) is 7.56. The summed E-state index contributed by atoms with van der Waals surface area (Å²) in [5, 5.41) is 0. The van der Waals surface area contributed by atoms with Gasteiger partial charge in [0.1, 0.15) is 6.17 Å². The van der Waals surface area contributed by atoms with E-state index in [-0.39, 0.29) is 6.17 Å². The number of nitrogens with zero attached hydrogens (tertiary/aromatic N) is 2. The van der Waals surface area contributed by atoms with Gasteiger partial charge in [0.15, 0.2) is 0 Å². The molecule has 3 heteroatoms. The van der Waals surface area contributed by atoms with Crippen molar-refractivity contribution in [2.75, 3.05) is 6.54 Å². The zero-order chi connectivity index (χ0) is 7.11. The highest BCUT2D eigenvalue weighted by molar-refractivity contribution is 5.41. The smallest absolute Gasteiger partial charge is 0.105 e. The fourth-order valence-electron chi connectivity index (χ4n) is 0.294. The lowest BCUT2D eigenvalue weighted by molar-refractivity contribution is 0.795. The van der Waals surface area contributed by atoms with Crippen LogP contribution in [0.3, 0.4) is 0 Å². The SMILES string of the molecule is CCCN=C=NC(C)N. The van der Waals surface area contributed by atoms with E-state index in [0.29, 0.717) is 0 Å². The van der Waals surface area contributed by atoms with E-state index in [2.05, 4.69) is 22.9 Å². The van der Waals surface area contributed by atoms with Crippen molar-refractivity contribution in [2.24, 2.45) is 15.7 Å². The van der Waals surface area contributed by atoms with Crippen molar-refractivity contribution in [3.05, 3.63) is 0 Å². The lowest BCUT2D eigenvalue weighted by Crippen LogP contribution is -2.09. The summed E-state index contributed by atoms with van der Waals surface area (Å²) in [6, 6.07) is 2.51. The van der Waals surface area contributed by atoms with Gasteiger partial charge in [0, 0.05) is 6.54 Å². The molecule has 0 aromatic heterocycles. The number of hydrogen-bond donors (Lipinski definition) is 1. The molecule has 0 spiro atoms. The van der Waals surface area contributed by atoms with Crippen LogP contribution in [0.2, 0.25) is 0 Å². The van der Waals surface area contributed by atoms with Gasteiger partial charge in [-0.05, 0) is 13.3 Å². The van der Waals surface area contributed by atoms with Crippen LogP contribution in [0.4, 0.5) is 0 Å². The Morgan fingerprint density at radius 2 is 2.33 bits per heavy atom. The molecule has 0 rings (SSSR count).